The molecular formula is C16H11Br3OS. The normalized spacial score (nSPS) is 11.0. The second-order valence-corrected chi connectivity index (χ2v) is 7.75. The van der Waals surface area contributed by atoms with Crippen molar-refractivity contribution in [3.05, 3.63) is 61.9 Å². The van der Waals surface area contributed by atoms with Crippen LogP contribution in [0.3, 0.4) is 0 Å². The Balaban J connectivity index is 1.85. The molecule has 0 spiro atoms. The molecule has 1 nitrogen and oxygen atoms in total. The van der Waals surface area contributed by atoms with Crippen LogP contribution in [0.4, 0.5) is 0 Å². The van der Waals surface area contributed by atoms with Crippen molar-refractivity contribution >= 4 is 69.2 Å². The fourth-order valence-corrected chi connectivity index (χ4v) is 4.90. The standard InChI is InChI=1S/C16H11Br3OS/c17-7-10-5-13(18)16(14(19)6-10)20-8-11-9-21-15-4-2-1-3-12(11)15/h1-6,9H,7-8H2. The van der Waals surface area contributed by atoms with E-state index in [-0.39, 0.29) is 0 Å². The molecule has 0 saturated carbocycles. The Hall–Kier alpha value is -0.360. The molecule has 0 unspecified atom stereocenters. The Morgan fingerprint density at radius 1 is 1.05 bits per heavy atom. The van der Waals surface area contributed by atoms with Crippen LogP contribution in [0.5, 0.6) is 5.75 Å². The summed E-state index contributed by atoms with van der Waals surface area (Å²) < 4.78 is 9.24. The highest BCUT2D eigenvalue weighted by atomic mass is 79.9. The lowest BCUT2D eigenvalue weighted by Gasteiger charge is -2.11. The third-order valence-electron chi connectivity index (χ3n) is 3.15. The van der Waals surface area contributed by atoms with Gasteiger partial charge in [-0.3, -0.25) is 0 Å². The quantitative estimate of drug-likeness (QED) is 0.361. The molecule has 3 aromatic rings. The van der Waals surface area contributed by atoms with E-state index in [0.29, 0.717) is 6.61 Å². The van der Waals surface area contributed by atoms with E-state index in [4.69, 9.17) is 4.74 Å². The minimum atomic E-state index is 0.564. The van der Waals surface area contributed by atoms with Crippen molar-refractivity contribution in [1.29, 1.82) is 0 Å². The molecular weight excluding hydrogens is 480 g/mol. The van der Waals surface area contributed by atoms with Gasteiger partial charge in [-0.05, 0) is 66.4 Å². The molecule has 0 amide bonds. The molecule has 3 rings (SSSR count). The summed E-state index contributed by atoms with van der Waals surface area (Å²) in [5.74, 6) is 0.843. The number of hydrogen-bond acceptors (Lipinski definition) is 2. The molecule has 5 heteroatoms. The number of fused-ring (bicyclic) bond motifs is 1. The number of halogens is 3. The van der Waals surface area contributed by atoms with Crippen molar-refractivity contribution in [2.75, 3.05) is 0 Å². The Labute approximate surface area is 152 Å². The Bertz CT molecular complexity index is 759. The number of hydrogen-bond donors (Lipinski definition) is 0. The summed E-state index contributed by atoms with van der Waals surface area (Å²) in [6.45, 7) is 0.564. The Morgan fingerprint density at radius 2 is 1.76 bits per heavy atom. The van der Waals surface area contributed by atoms with Crippen molar-refractivity contribution < 1.29 is 4.74 Å². The van der Waals surface area contributed by atoms with Gasteiger partial charge in [-0.1, -0.05) is 34.1 Å². The maximum absolute atomic E-state index is 6.02. The number of alkyl halides is 1. The summed E-state index contributed by atoms with van der Waals surface area (Å²) in [5, 5.41) is 4.26. The maximum atomic E-state index is 6.02. The zero-order valence-corrected chi connectivity index (χ0v) is 16.5. The van der Waals surface area contributed by atoms with Crippen LogP contribution in [0.25, 0.3) is 10.1 Å². The van der Waals surface area contributed by atoms with Gasteiger partial charge in [-0.15, -0.1) is 11.3 Å². The molecule has 1 aromatic heterocycles. The summed E-state index contributed by atoms with van der Waals surface area (Å²) >= 11 is 12.4. The lowest BCUT2D eigenvalue weighted by molar-refractivity contribution is 0.304. The van der Waals surface area contributed by atoms with Gasteiger partial charge < -0.3 is 4.74 Å². The Kier molecular flexibility index (Phi) is 5.04. The van der Waals surface area contributed by atoms with Crippen LogP contribution in [0.1, 0.15) is 11.1 Å². The van der Waals surface area contributed by atoms with E-state index in [9.17, 15) is 0 Å². The minimum Gasteiger partial charge on any atom is -0.486 e. The van der Waals surface area contributed by atoms with Crippen LogP contribution in [-0.4, -0.2) is 0 Å². The predicted octanol–water partition coefficient (Wildman–Crippen LogP) is 6.90. The summed E-state index contributed by atoms with van der Waals surface area (Å²) in [4.78, 5) is 0. The lowest BCUT2D eigenvalue weighted by Crippen LogP contribution is -1.97. The van der Waals surface area contributed by atoms with E-state index in [2.05, 4.69) is 89.6 Å². The molecule has 0 aliphatic carbocycles. The highest BCUT2D eigenvalue weighted by molar-refractivity contribution is 9.11. The van der Waals surface area contributed by atoms with Crippen molar-refractivity contribution in [3.8, 4) is 5.75 Å². The SMILES string of the molecule is BrCc1cc(Br)c(OCc2csc3ccccc23)c(Br)c1. The van der Waals surface area contributed by atoms with Gasteiger partial charge in [0, 0.05) is 15.6 Å². The van der Waals surface area contributed by atoms with Crippen molar-refractivity contribution in [2.24, 2.45) is 0 Å². The zero-order chi connectivity index (χ0) is 14.8. The van der Waals surface area contributed by atoms with Crippen LogP contribution in [-0.2, 0) is 11.9 Å². The third kappa shape index (κ3) is 3.36. The molecule has 21 heavy (non-hydrogen) atoms. The van der Waals surface area contributed by atoms with E-state index >= 15 is 0 Å². The van der Waals surface area contributed by atoms with Gasteiger partial charge in [-0.2, -0.15) is 0 Å². The van der Waals surface area contributed by atoms with Crippen LogP contribution in [0, 0.1) is 0 Å². The van der Waals surface area contributed by atoms with E-state index in [1.54, 1.807) is 11.3 Å². The number of ether oxygens (including phenoxy) is 1. The number of benzene rings is 2. The Morgan fingerprint density at radius 3 is 2.48 bits per heavy atom. The zero-order valence-electron chi connectivity index (χ0n) is 10.9. The molecule has 2 aromatic carbocycles. The van der Waals surface area contributed by atoms with Gasteiger partial charge in [0.05, 0.1) is 8.95 Å². The van der Waals surface area contributed by atoms with Gasteiger partial charge in [0.15, 0.2) is 0 Å². The van der Waals surface area contributed by atoms with Crippen LogP contribution in [0.2, 0.25) is 0 Å². The third-order valence-corrected chi connectivity index (χ3v) is 5.98. The van der Waals surface area contributed by atoms with E-state index in [0.717, 1.165) is 20.0 Å². The highest BCUT2D eigenvalue weighted by Crippen LogP contribution is 2.36. The first kappa shape index (κ1) is 15.5. The van der Waals surface area contributed by atoms with Gasteiger partial charge in [0.2, 0.25) is 0 Å². The molecule has 0 aliphatic rings. The largest absolute Gasteiger partial charge is 0.486 e. The summed E-state index contributed by atoms with van der Waals surface area (Å²) in [6.07, 6.45) is 0. The van der Waals surface area contributed by atoms with Gasteiger partial charge in [0.25, 0.3) is 0 Å². The van der Waals surface area contributed by atoms with E-state index in [1.807, 2.05) is 0 Å². The first-order chi connectivity index (χ1) is 10.2. The first-order valence-corrected chi connectivity index (χ1v) is 9.89. The van der Waals surface area contributed by atoms with Gasteiger partial charge in [-0.25, -0.2) is 0 Å². The van der Waals surface area contributed by atoms with Gasteiger partial charge >= 0.3 is 0 Å². The molecule has 108 valence electrons. The highest BCUT2D eigenvalue weighted by Gasteiger charge is 2.10. The molecule has 0 N–H and O–H groups in total. The van der Waals surface area contributed by atoms with Gasteiger partial charge in [0.1, 0.15) is 12.4 Å². The second kappa shape index (κ2) is 6.82. The van der Waals surface area contributed by atoms with Crippen LogP contribution in [0.15, 0.2) is 50.7 Å². The summed E-state index contributed by atoms with van der Waals surface area (Å²) in [6, 6.07) is 12.6. The first-order valence-electron chi connectivity index (χ1n) is 6.31. The van der Waals surface area contributed by atoms with E-state index < -0.39 is 0 Å². The molecule has 0 bridgehead atoms. The molecule has 0 atom stereocenters. The lowest BCUT2D eigenvalue weighted by atomic mass is 10.2. The molecule has 0 fully saturated rings. The monoisotopic (exact) mass is 488 g/mol. The van der Waals surface area contributed by atoms with Crippen molar-refractivity contribution in [2.45, 2.75) is 11.9 Å². The molecule has 0 aliphatic heterocycles. The fourth-order valence-electron chi connectivity index (χ4n) is 2.12. The van der Waals surface area contributed by atoms with Crippen LogP contribution >= 0.6 is 59.1 Å². The molecule has 0 saturated heterocycles. The average Bonchev–Trinajstić information content (AvgIpc) is 2.89. The smallest absolute Gasteiger partial charge is 0.148 e. The topological polar surface area (TPSA) is 9.23 Å². The molecule has 0 radical (unpaired) electrons. The second-order valence-electron chi connectivity index (χ2n) is 4.57. The summed E-state index contributed by atoms with van der Waals surface area (Å²) in [5.41, 5.74) is 2.42. The summed E-state index contributed by atoms with van der Waals surface area (Å²) in [7, 11) is 0. The maximum Gasteiger partial charge on any atom is 0.148 e. The fraction of sp³-hybridized carbons (Fsp3) is 0.125. The minimum absolute atomic E-state index is 0.564. The number of rotatable bonds is 4. The van der Waals surface area contributed by atoms with Crippen molar-refractivity contribution in [3.63, 3.8) is 0 Å². The van der Waals surface area contributed by atoms with Crippen molar-refractivity contribution in [1.82, 2.24) is 0 Å². The molecule has 1 heterocycles. The van der Waals surface area contributed by atoms with E-state index in [1.165, 1.54) is 21.2 Å². The van der Waals surface area contributed by atoms with Crippen LogP contribution < -0.4 is 4.74 Å². The number of thiophene rings is 1. The average molecular weight is 491 g/mol. The predicted molar refractivity (Wildman–Crippen MR) is 101 cm³/mol.